The maximum absolute atomic E-state index is 13.5. The zero-order valence-corrected chi connectivity index (χ0v) is 19.3. The predicted molar refractivity (Wildman–Crippen MR) is 121 cm³/mol. The quantitative estimate of drug-likeness (QED) is 0.658. The van der Waals surface area contributed by atoms with Crippen molar-refractivity contribution in [1.29, 1.82) is 0 Å². The highest BCUT2D eigenvalue weighted by atomic mass is 16.2. The lowest BCUT2D eigenvalue weighted by molar-refractivity contribution is -0.151. The number of Topliss-reactive ketones (excluding diaryl/α,β-unsaturated/α-hetero) is 1. The third kappa shape index (κ3) is 5.35. The molecule has 2 aliphatic heterocycles. The van der Waals surface area contributed by atoms with Gasteiger partial charge in [0.2, 0.25) is 11.8 Å². The number of rotatable bonds is 9. The van der Waals surface area contributed by atoms with E-state index in [1.54, 1.807) is 11.9 Å². The molecular formula is C25H37N3O3. The van der Waals surface area contributed by atoms with E-state index in [4.69, 9.17) is 0 Å². The first-order valence-corrected chi connectivity index (χ1v) is 11.7. The van der Waals surface area contributed by atoms with E-state index in [-0.39, 0.29) is 53.9 Å². The van der Waals surface area contributed by atoms with E-state index in [1.807, 2.05) is 43.9 Å². The van der Waals surface area contributed by atoms with E-state index in [0.29, 0.717) is 13.1 Å². The number of fused-ring (bicyclic) bond motifs is 1. The van der Waals surface area contributed by atoms with Gasteiger partial charge in [-0.15, -0.1) is 0 Å². The van der Waals surface area contributed by atoms with E-state index in [2.05, 4.69) is 17.4 Å². The van der Waals surface area contributed by atoms with Gasteiger partial charge < -0.3 is 15.1 Å². The minimum absolute atomic E-state index is 0.0302. The SMILES string of the molecule is CN[C@@H](C)C(=O)C[C@H](C(=O)N1CC[C@H]2CCN(CCc3ccccc3)C(=O)[C@H]21)C(C)C. The lowest BCUT2D eigenvalue weighted by Gasteiger charge is -2.39. The molecule has 6 nitrogen and oxygen atoms in total. The molecule has 0 aromatic heterocycles. The first-order chi connectivity index (χ1) is 14.8. The Bertz CT molecular complexity index is 779. The molecule has 2 fully saturated rings. The van der Waals surface area contributed by atoms with E-state index in [9.17, 15) is 14.4 Å². The zero-order valence-electron chi connectivity index (χ0n) is 19.3. The second-order valence-corrected chi connectivity index (χ2v) is 9.41. The van der Waals surface area contributed by atoms with Gasteiger partial charge in [-0.2, -0.15) is 0 Å². The molecule has 0 unspecified atom stereocenters. The Hall–Kier alpha value is -2.21. The number of nitrogens with one attached hydrogen (secondary N) is 1. The molecule has 2 saturated heterocycles. The van der Waals surface area contributed by atoms with Gasteiger partial charge in [-0.25, -0.2) is 0 Å². The first-order valence-electron chi connectivity index (χ1n) is 11.7. The number of benzene rings is 1. The van der Waals surface area contributed by atoms with Crippen LogP contribution in [0.3, 0.4) is 0 Å². The standard InChI is InChI=1S/C25H37N3O3/c1-17(2)21(16-22(29)18(3)26-4)24(30)28-15-12-20-11-14-27(25(31)23(20)28)13-10-19-8-6-5-7-9-19/h5-9,17-18,20-21,23,26H,10-16H2,1-4H3/t18-,20+,21-,23-/m0/s1. The monoisotopic (exact) mass is 427 g/mol. The third-order valence-corrected chi connectivity index (χ3v) is 7.11. The van der Waals surface area contributed by atoms with Gasteiger partial charge in [0, 0.05) is 32.0 Å². The number of hydrogen-bond acceptors (Lipinski definition) is 4. The van der Waals surface area contributed by atoms with Crippen LogP contribution >= 0.6 is 0 Å². The summed E-state index contributed by atoms with van der Waals surface area (Å²) in [7, 11) is 1.75. The summed E-state index contributed by atoms with van der Waals surface area (Å²) in [6.45, 7) is 7.86. The van der Waals surface area contributed by atoms with Crippen LogP contribution in [-0.4, -0.2) is 66.2 Å². The minimum atomic E-state index is -0.380. The van der Waals surface area contributed by atoms with Crippen molar-refractivity contribution in [2.45, 2.75) is 58.5 Å². The maximum atomic E-state index is 13.5. The molecule has 2 heterocycles. The fraction of sp³-hybridized carbons (Fsp3) is 0.640. The first kappa shape index (κ1) is 23.5. The van der Waals surface area contributed by atoms with Gasteiger partial charge in [-0.3, -0.25) is 14.4 Å². The van der Waals surface area contributed by atoms with Crippen LogP contribution in [0.5, 0.6) is 0 Å². The maximum Gasteiger partial charge on any atom is 0.245 e. The van der Waals surface area contributed by atoms with Crippen LogP contribution in [0.2, 0.25) is 0 Å². The lowest BCUT2D eigenvalue weighted by atomic mass is 9.86. The summed E-state index contributed by atoms with van der Waals surface area (Å²) < 4.78 is 0. The van der Waals surface area contributed by atoms with Gasteiger partial charge in [0.1, 0.15) is 11.8 Å². The highest BCUT2D eigenvalue weighted by molar-refractivity contribution is 5.93. The van der Waals surface area contributed by atoms with E-state index >= 15 is 0 Å². The molecule has 1 aromatic carbocycles. The van der Waals surface area contributed by atoms with Crippen LogP contribution in [-0.2, 0) is 20.8 Å². The van der Waals surface area contributed by atoms with Crippen molar-refractivity contribution >= 4 is 17.6 Å². The van der Waals surface area contributed by atoms with Crippen LogP contribution in [0.15, 0.2) is 30.3 Å². The smallest absolute Gasteiger partial charge is 0.245 e. The van der Waals surface area contributed by atoms with Crippen molar-refractivity contribution in [2.24, 2.45) is 17.8 Å². The normalized spacial score (nSPS) is 23.1. The van der Waals surface area contributed by atoms with Gasteiger partial charge in [0.25, 0.3) is 0 Å². The number of ketones is 1. The highest BCUT2D eigenvalue weighted by Crippen LogP contribution is 2.35. The summed E-state index contributed by atoms with van der Waals surface area (Å²) in [5.41, 5.74) is 1.22. The van der Waals surface area contributed by atoms with Crippen LogP contribution in [0.1, 0.15) is 45.6 Å². The second-order valence-electron chi connectivity index (χ2n) is 9.41. The molecule has 4 atom stereocenters. The molecule has 2 amide bonds. The molecule has 0 spiro atoms. The average Bonchev–Trinajstić information content (AvgIpc) is 3.21. The zero-order chi connectivity index (χ0) is 22.5. The van der Waals surface area contributed by atoms with Crippen LogP contribution in [0.4, 0.5) is 0 Å². The van der Waals surface area contributed by atoms with Crippen molar-refractivity contribution in [1.82, 2.24) is 15.1 Å². The molecular weight excluding hydrogens is 390 g/mol. The second kappa shape index (κ2) is 10.4. The number of amides is 2. The molecule has 0 aliphatic carbocycles. The molecule has 1 aromatic rings. The van der Waals surface area contributed by atoms with Crippen LogP contribution < -0.4 is 5.32 Å². The Morgan fingerprint density at radius 2 is 1.77 bits per heavy atom. The Balaban J connectivity index is 1.69. The molecule has 6 heteroatoms. The van der Waals surface area contributed by atoms with Crippen LogP contribution in [0.25, 0.3) is 0 Å². The number of likely N-dealkylation sites (tertiary alicyclic amines) is 2. The number of hydrogen-bond donors (Lipinski definition) is 1. The summed E-state index contributed by atoms with van der Waals surface area (Å²) >= 11 is 0. The Morgan fingerprint density at radius 3 is 2.42 bits per heavy atom. The number of nitrogens with zero attached hydrogens (tertiary/aromatic N) is 2. The third-order valence-electron chi connectivity index (χ3n) is 7.11. The molecule has 2 aliphatic rings. The number of piperidine rings is 1. The van der Waals surface area contributed by atoms with E-state index in [0.717, 1.165) is 25.8 Å². The van der Waals surface area contributed by atoms with Crippen molar-refractivity contribution in [3.8, 4) is 0 Å². The molecule has 170 valence electrons. The number of carbonyl (C=O) groups excluding carboxylic acids is 3. The molecule has 0 bridgehead atoms. The predicted octanol–water partition coefficient (Wildman–Crippen LogP) is 2.52. The average molecular weight is 428 g/mol. The molecule has 3 rings (SSSR count). The van der Waals surface area contributed by atoms with Crippen molar-refractivity contribution in [3.63, 3.8) is 0 Å². The minimum Gasteiger partial charge on any atom is -0.341 e. The lowest BCUT2D eigenvalue weighted by Crippen LogP contribution is -2.55. The van der Waals surface area contributed by atoms with Gasteiger partial charge in [0.05, 0.1) is 6.04 Å². The summed E-state index contributed by atoms with van der Waals surface area (Å²) in [5.74, 6) is 0.00349. The van der Waals surface area contributed by atoms with Crippen LogP contribution in [0, 0.1) is 17.8 Å². The van der Waals surface area contributed by atoms with E-state index in [1.165, 1.54) is 5.56 Å². The van der Waals surface area contributed by atoms with E-state index < -0.39 is 0 Å². The highest BCUT2D eigenvalue weighted by Gasteiger charge is 2.47. The summed E-state index contributed by atoms with van der Waals surface area (Å²) in [6.07, 6.45) is 2.86. The van der Waals surface area contributed by atoms with Crippen molar-refractivity contribution < 1.29 is 14.4 Å². The number of likely N-dealkylation sites (N-methyl/N-ethyl adjacent to an activating group) is 1. The van der Waals surface area contributed by atoms with Crippen molar-refractivity contribution in [3.05, 3.63) is 35.9 Å². The molecule has 31 heavy (non-hydrogen) atoms. The topological polar surface area (TPSA) is 69.7 Å². The fourth-order valence-electron chi connectivity index (χ4n) is 4.87. The molecule has 0 saturated carbocycles. The summed E-state index contributed by atoms with van der Waals surface area (Å²) in [4.78, 5) is 43.1. The van der Waals surface area contributed by atoms with Gasteiger partial charge >= 0.3 is 0 Å². The Labute approximate surface area is 186 Å². The summed E-state index contributed by atoms with van der Waals surface area (Å²) in [5, 5.41) is 2.97. The van der Waals surface area contributed by atoms with Gasteiger partial charge in [0.15, 0.2) is 0 Å². The largest absolute Gasteiger partial charge is 0.341 e. The fourth-order valence-corrected chi connectivity index (χ4v) is 4.87. The Morgan fingerprint density at radius 1 is 1.10 bits per heavy atom. The molecule has 0 radical (unpaired) electrons. The Kier molecular flexibility index (Phi) is 7.87. The molecule has 1 N–H and O–H groups in total. The van der Waals surface area contributed by atoms with Crippen molar-refractivity contribution in [2.75, 3.05) is 26.7 Å². The number of carbonyl (C=O) groups is 3. The van der Waals surface area contributed by atoms with Gasteiger partial charge in [-0.1, -0.05) is 44.2 Å². The van der Waals surface area contributed by atoms with Gasteiger partial charge in [-0.05, 0) is 50.6 Å². The summed E-state index contributed by atoms with van der Waals surface area (Å²) in [6, 6.07) is 9.56.